The Hall–Kier alpha value is -2.12. The molecule has 0 heterocycles. The molecule has 0 aliphatic rings. The molecule has 0 aliphatic heterocycles. The van der Waals surface area contributed by atoms with E-state index in [1.54, 1.807) is 24.3 Å². The molecule has 0 aliphatic carbocycles. The minimum Gasteiger partial charge on any atom is -0.324 e. The molecule has 0 aromatic heterocycles. The van der Waals surface area contributed by atoms with Crippen molar-refractivity contribution in [3.05, 3.63) is 59.4 Å². The van der Waals surface area contributed by atoms with E-state index in [9.17, 15) is 17.6 Å². The first-order chi connectivity index (χ1) is 11.2. The third-order valence-corrected chi connectivity index (χ3v) is 4.77. The highest BCUT2D eigenvalue weighted by molar-refractivity contribution is 7.92. The van der Waals surface area contributed by atoms with Gasteiger partial charge in [-0.3, -0.25) is 9.10 Å². The lowest BCUT2D eigenvalue weighted by molar-refractivity contribution is -0.116. The van der Waals surface area contributed by atoms with Gasteiger partial charge in [0.05, 0.1) is 11.9 Å². The third-order valence-electron chi connectivity index (χ3n) is 3.29. The van der Waals surface area contributed by atoms with Gasteiger partial charge in [-0.1, -0.05) is 23.7 Å². The monoisotopic (exact) mass is 370 g/mol. The van der Waals surface area contributed by atoms with Crippen LogP contribution in [0.2, 0.25) is 5.02 Å². The summed E-state index contributed by atoms with van der Waals surface area (Å²) in [7, 11) is -3.87. The number of nitrogens with one attached hydrogen (secondary N) is 1. The van der Waals surface area contributed by atoms with Gasteiger partial charge in [-0.25, -0.2) is 12.8 Å². The molecule has 0 spiro atoms. The smallest absolute Gasteiger partial charge is 0.247 e. The largest absolute Gasteiger partial charge is 0.324 e. The number of nitrogens with zero attached hydrogens (tertiary/aromatic N) is 1. The van der Waals surface area contributed by atoms with Crippen molar-refractivity contribution in [2.45, 2.75) is 13.0 Å². The number of sulfonamides is 1. The minimum atomic E-state index is -3.87. The van der Waals surface area contributed by atoms with Crippen molar-refractivity contribution in [1.82, 2.24) is 0 Å². The second-order valence-electron chi connectivity index (χ2n) is 5.18. The van der Waals surface area contributed by atoms with Gasteiger partial charge >= 0.3 is 0 Å². The Bertz CT molecular complexity index is 841. The molecule has 5 nitrogen and oxygen atoms in total. The standard InChI is InChI=1S/C16H16ClFN2O3S/c1-11(16(21)19-13-9-7-12(17)8-10-13)20(24(2,22)23)15-6-4-3-5-14(15)18/h3-11H,1-2H3,(H,19,21)/t11-/m1/s1. The van der Waals surface area contributed by atoms with Crippen molar-refractivity contribution in [2.24, 2.45) is 0 Å². The van der Waals surface area contributed by atoms with Crippen molar-refractivity contribution in [3.63, 3.8) is 0 Å². The average Bonchev–Trinajstić information content (AvgIpc) is 2.50. The third kappa shape index (κ3) is 4.24. The van der Waals surface area contributed by atoms with Gasteiger partial charge in [0.25, 0.3) is 0 Å². The number of hydrogen-bond donors (Lipinski definition) is 1. The van der Waals surface area contributed by atoms with Crippen molar-refractivity contribution in [1.29, 1.82) is 0 Å². The zero-order chi connectivity index (χ0) is 17.9. The van der Waals surface area contributed by atoms with Crippen LogP contribution in [0.3, 0.4) is 0 Å². The van der Waals surface area contributed by atoms with Crippen molar-refractivity contribution in [2.75, 3.05) is 15.9 Å². The second-order valence-corrected chi connectivity index (χ2v) is 7.48. The molecule has 0 saturated carbocycles. The van der Waals surface area contributed by atoms with Crippen molar-refractivity contribution in [3.8, 4) is 0 Å². The number of para-hydroxylation sites is 1. The molecule has 0 radical (unpaired) electrons. The molecule has 2 aromatic carbocycles. The topological polar surface area (TPSA) is 66.5 Å². The number of carbonyl (C=O) groups is 1. The SMILES string of the molecule is C[C@H](C(=O)Nc1ccc(Cl)cc1)N(c1ccccc1F)S(C)(=O)=O. The summed E-state index contributed by atoms with van der Waals surface area (Å²) in [5, 5.41) is 3.09. The van der Waals surface area contributed by atoms with Crippen LogP contribution < -0.4 is 9.62 Å². The molecule has 2 rings (SSSR count). The van der Waals surface area contributed by atoms with Crippen LogP contribution in [0.25, 0.3) is 0 Å². The van der Waals surface area contributed by atoms with Crippen LogP contribution >= 0.6 is 11.6 Å². The van der Waals surface area contributed by atoms with Gasteiger partial charge in [0.15, 0.2) is 0 Å². The number of rotatable bonds is 5. The normalized spacial score (nSPS) is 12.5. The first-order valence-electron chi connectivity index (χ1n) is 7.00. The summed E-state index contributed by atoms with van der Waals surface area (Å²) in [6.45, 7) is 1.39. The molecule has 8 heteroatoms. The predicted octanol–water partition coefficient (Wildman–Crippen LogP) is 3.27. The summed E-state index contributed by atoms with van der Waals surface area (Å²) in [6, 6.07) is 10.6. The molecule has 128 valence electrons. The number of halogens is 2. The molecule has 0 fully saturated rings. The van der Waals surface area contributed by atoms with Crippen LogP contribution in [-0.4, -0.2) is 26.6 Å². The Morgan fingerprint density at radius 3 is 2.29 bits per heavy atom. The molecular weight excluding hydrogens is 355 g/mol. The molecule has 2 aromatic rings. The Morgan fingerprint density at radius 1 is 1.17 bits per heavy atom. The maximum Gasteiger partial charge on any atom is 0.247 e. The van der Waals surface area contributed by atoms with E-state index in [4.69, 9.17) is 11.6 Å². The highest BCUT2D eigenvalue weighted by Crippen LogP contribution is 2.24. The lowest BCUT2D eigenvalue weighted by atomic mass is 10.2. The van der Waals surface area contributed by atoms with Crippen LogP contribution in [-0.2, 0) is 14.8 Å². The average molecular weight is 371 g/mol. The van der Waals surface area contributed by atoms with Gasteiger partial charge in [-0.05, 0) is 43.3 Å². The fraction of sp³-hybridized carbons (Fsp3) is 0.188. The molecule has 1 atom stereocenters. The quantitative estimate of drug-likeness (QED) is 0.878. The second kappa shape index (κ2) is 7.19. The number of hydrogen-bond acceptors (Lipinski definition) is 3. The first-order valence-corrected chi connectivity index (χ1v) is 9.23. The summed E-state index contributed by atoms with van der Waals surface area (Å²) < 4.78 is 38.9. The van der Waals surface area contributed by atoms with E-state index in [1.807, 2.05) is 0 Å². The van der Waals surface area contributed by atoms with Crippen LogP contribution in [0.4, 0.5) is 15.8 Å². The molecule has 1 N–H and O–H groups in total. The summed E-state index contributed by atoms with van der Waals surface area (Å²) >= 11 is 5.78. The number of amides is 1. The van der Waals surface area contributed by atoms with E-state index >= 15 is 0 Å². The summed E-state index contributed by atoms with van der Waals surface area (Å²) in [6.07, 6.45) is 0.922. The van der Waals surface area contributed by atoms with Crippen LogP contribution in [0.5, 0.6) is 0 Å². The summed E-state index contributed by atoms with van der Waals surface area (Å²) in [4.78, 5) is 12.4. The Labute approximate surface area is 145 Å². The van der Waals surface area contributed by atoms with Gasteiger partial charge in [-0.2, -0.15) is 0 Å². The van der Waals surface area contributed by atoms with Gasteiger partial charge < -0.3 is 5.32 Å². The van der Waals surface area contributed by atoms with Gasteiger partial charge in [-0.15, -0.1) is 0 Å². The van der Waals surface area contributed by atoms with E-state index in [1.165, 1.54) is 25.1 Å². The Kier molecular flexibility index (Phi) is 5.46. The highest BCUT2D eigenvalue weighted by Gasteiger charge is 2.30. The fourth-order valence-electron chi connectivity index (χ4n) is 2.19. The van der Waals surface area contributed by atoms with Gasteiger partial charge in [0.2, 0.25) is 15.9 Å². The Morgan fingerprint density at radius 2 is 1.75 bits per heavy atom. The molecular formula is C16H16ClFN2O3S. The molecule has 0 saturated heterocycles. The Balaban J connectivity index is 2.31. The van der Waals surface area contributed by atoms with Crippen LogP contribution in [0.1, 0.15) is 6.92 Å². The van der Waals surface area contributed by atoms with Crippen LogP contribution in [0.15, 0.2) is 48.5 Å². The zero-order valence-corrected chi connectivity index (χ0v) is 14.6. The first kappa shape index (κ1) is 18.2. The van der Waals surface area contributed by atoms with E-state index in [0.29, 0.717) is 10.7 Å². The number of benzene rings is 2. The van der Waals surface area contributed by atoms with Crippen LogP contribution in [0, 0.1) is 5.82 Å². The summed E-state index contributed by atoms with van der Waals surface area (Å²) in [5.41, 5.74) is 0.275. The minimum absolute atomic E-state index is 0.182. The van der Waals surface area contributed by atoms with Gasteiger partial charge in [0.1, 0.15) is 11.9 Å². The molecule has 0 unspecified atom stereocenters. The van der Waals surface area contributed by atoms with Crippen molar-refractivity contribution >= 4 is 38.9 Å². The molecule has 24 heavy (non-hydrogen) atoms. The lowest BCUT2D eigenvalue weighted by Crippen LogP contribution is -2.45. The van der Waals surface area contributed by atoms with Gasteiger partial charge in [0, 0.05) is 10.7 Å². The van der Waals surface area contributed by atoms with E-state index in [2.05, 4.69) is 5.32 Å². The lowest BCUT2D eigenvalue weighted by Gasteiger charge is -2.28. The maximum absolute atomic E-state index is 14.0. The molecule has 0 bridgehead atoms. The number of carbonyl (C=O) groups excluding carboxylic acids is 1. The zero-order valence-electron chi connectivity index (χ0n) is 13.0. The molecule has 1 amide bonds. The predicted molar refractivity (Wildman–Crippen MR) is 93.3 cm³/mol. The number of anilines is 2. The van der Waals surface area contributed by atoms with E-state index in [0.717, 1.165) is 16.6 Å². The van der Waals surface area contributed by atoms with Crippen molar-refractivity contribution < 1.29 is 17.6 Å². The van der Waals surface area contributed by atoms with E-state index in [-0.39, 0.29) is 5.69 Å². The maximum atomic E-state index is 14.0. The fourth-order valence-corrected chi connectivity index (χ4v) is 3.49. The highest BCUT2D eigenvalue weighted by atomic mass is 35.5. The summed E-state index contributed by atoms with van der Waals surface area (Å²) in [5.74, 6) is -1.32. The van der Waals surface area contributed by atoms with E-state index < -0.39 is 27.8 Å².